The predicted octanol–water partition coefficient (Wildman–Crippen LogP) is 1.69. The van der Waals surface area contributed by atoms with E-state index in [1.54, 1.807) is 12.3 Å². The van der Waals surface area contributed by atoms with Crippen LogP contribution in [0.5, 0.6) is 0 Å². The van der Waals surface area contributed by atoms with Crippen molar-refractivity contribution in [1.82, 2.24) is 15.2 Å². The SMILES string of the molecule is O=CNc1cc2cnc(C(=O)N[C@H]3CN4CCC3CC4)cc2s1. The summed E-state index contributed by atoms with van der Waals surface area (Å²) in [7, 11) is 0. The van der Waals surface area contributed by atoms with E-state index in [4.69, 9.17) is 0 Å². The number of pyridine rings is 1. The minimum Gasteiger partial charge on any atom is -0.346 e. The van der Waals surface area contributed by atoms with E-state index >= 15 is 0 Å². The average molecular weight is 330 g/mol. The van der Waals surface area contributed by atoms with E-state index in [1.807, 2.05) is 6.07 Å². The monoisotopic (exact) mass is 330 g/mol. The van der Waals surface area contributed by atoms with Crippen LogP contribution in [0.3, 0.4) is 0 Å². The molecule has 2 aromatic rings. The fourth-order valence-electron chi connectivity index (χ4n) is 3.56. The van der Waals surface area contributed by atoms with Crippen molar-refractivity contribution in [3.05, 3.63) is 24.0 Å². The van der Waals surface area contributed by atoms with Gasteiger partial charge in [-0.15, -0.1) is 11.3 Å². The summed E-state index contributed by atoms with van der Waals surface area (Å²) in [6.45, 7) is 3.26. The predicted molar refractivity (Wildman–Crippen MR) is 89.7 cm³/mol. The van der Waals surface area contributed by atoms with Crippen molar-refractivity contribution in [3.8, 4) is 0 Å². The molecule has 0 radical (unpaired) electrons. The fourth-order valence-corrected chi connectivity index (χ4v) is 4.49. The highest BCUT2D eigenvalue weighted by atomic mass is 32.1. The number of hydrogen-bond donors (Lipinski definition) is 2. The van der Waals surface area contributed by atoms with Gasteiger partial charge in [-0.3, -0.25) is 14.6 Å². The van der Waals surface area contributed by atoms with Gasteiger partial charge in [-0.25, -0.2) is 0 Å². The molecule has 120 valence electrons. The Morgan fingerprint density at radius 1 is 1.35 bits per heavy atom. The highest BCUT2D eigenvalue weighted by Gasteiger charge is 2.35. The van der Waals surface area contributed by atoms with Crippen LogP contribution in [0.2, 0.25) is 0 Å². The molecule has 23 heavy (non-hydrogen) atoms. The highest BCUT2D eigenvalue weighted by Crippen LogP contribution is 2.30. The zero-order chi connectivity index (χ0) is 15.8. The smallest absolute Gasteiger partial charge is 0.270 e. The van der Waals surface area contributed by atoms with Crippen LogP contribution in [0.15, 0.2) is 18.3 Å². The van der Waals surface area contributed by atoms with Gasteiger partial charge in [-0.1, -0.05) is 0 Å². The number of nitrogens with one attached hydrogen (secondary N) is 2. The molecule has 5 heterocycles. The Hall–Kier alpha value is -1.99. The maximum atomic E-state index is 12.5. The molecule has 3 saturated heterocycles. The van der Waals surface area contributed by atoms with Crippen LogP contribution < -0.4 is 10.6 Å². The number of piperidine rings is 3. The Morgan fingerprint density at radius 3 is 2.87 bits per heavy atom. The maximum absolute atomic E-state index is 12.5. The van der Waals surface area contributed by atoms with Gasteiger partial charge in [0.05, 0.1) is 5.00 Å². The Labute approximate surface area is 137 Å². The zero-order valence-corrected chi connectivity index (χ0v) is 13.4. The topological polar surface area (TPSA) is 74.3 Å². The van der Waals surface area contributed by atoms with E-state index in [0.29, 0.717) is 18.0 Å². The molecule has 0 aromatic carbocycles. The summed E-state index contributed by atoms with van der Waals surface area (Å²) < 4.78 is 0.948. The highest BCUT2D eigenvalue weighted by molar-refractivity contribution is 7.22. The second kappa shape index (κ2) is 5.90. The Kier molecular flexibility index (Phi) is 3.74. The molecule has 2 N–H and O–H groups in total. The van der Waals surface area contributed by atoms with Gasteiger partial charge in [0.25, 0.3) is 5.91 Å². The lowest BCUT2D eigenvalue weighted by Gasteiger charge is -2.44. The summed E-state index contributed by atoms with van der Waals surface area (Å²) in [4.78, 5) is 29.7. The number of anilines is 1. The molecule has 2 bridgehead atoms. The Balaban J connectivity index is 1.51. The molecular formula is C16H18N4O2S. The maximum Gasteiger partial charge on any atom is 0.270 e. The molecule has 0 saturated carbocycles. The zero-order valence-electron chi connectivity index (χ0n) is 12.6. The number of rotatable bonds is 4. The first-order valence-corrected chi connectivity index (χ1v) is 8.67. The molecule has 2 amide bonds. The Morgan fingerprint density at radius 2 is 2.17 bits per heavy atom. The van der Waals surface area contributed by atoms with Crippen molar-refractivity contribution >= 4 is 38.7 Å². The molecule has 7 heteroatoms. The number of amides is 2. The normalized spacial score (nSPS) is 26.2. The lowest BCUT2D eigenvalue weighted by atomic mass is 9.84. The van der Waals surface area contributed by atoms with Gasteiger partial charge in [0.2, 0.25) is 6.41 Å². The van der Waals surface area contributed by atoms with E-state index in [2.05, 4.69) is 20.5 Å². The molecule has 0 spiro atoms. The molecule has 6 nitrogen and oxygen atoms in total. The number of fused-ring (bicyclic) bond motifs is 4. The van der Waals surface area contributed by atoms with Gasteiger partial charge >= 0.3 is 0 Å². The van der Waals surface area contributed by atoms with Crippen molar-refractivity contribution in [2.24, 2.45) is 5.92 Å². The molecular weight excluding hydrogens is 312 g/mol. The molecule has 3 aliphatic heterocycles. The van der Waals surface area contributed by atoms with Crippen molar-refractivity contribution in [2.45, 2.75) is 18.9 Å². The summed E-state index contributed by atoms with van der Waals surface area (Å²) >= 11 is 1.44. The number of carbonyl (C=O) groups excluding carboxylic acids is 2. The van der Waals surface area contributed by atoms with Gasteiger partial charge in [0, 0.05) is 28.9 Å². The number of nitrogens with zero attached hydrogens (tertiary/aromatic N) is 2. The summed E-state index contributed by atoms with van der Waals surface area (Å²) in [6, 6.07) is 3.89. The van der Waals surface area contributed by atoms with Crippen LogP contribution in [0, 0.1) is 5.92 Å². The van der Waals surface area contributed by atoms with Crippen molar-refractivity contribution < 1.29 is 9.59 Å². The molecule has 0 unspecified atom stereocenters. The van der Waals surface area contributed by atoms with Crippen LogP contribution in [0.25, 0.3) is 10.1 Å². The second-order valence-electron chi connectivity index (χ2n) is 6.20. The van der Waals surface area contributed by atoms with Crippen LogP contribution in [0.4, 0.5) is 5.00 Å². The molecule has 2 aromatic heterocycles. The summed E-state index contributed by atoms with van der Waals surface area (Å²) in [6.07, 6.45) is 4.68. The molecule has 3 aliphatic rings. The second-order valence-corrected chi connectivity index (χ2v) is 7.28. The number of hydrogen-bond acceptors (Lipinski definition) is 5. The van der Waals surface area contributed by atoms with Crippen molar-refractivity contribution in [1.29, 1.82) is 0 Å². The van der Waals surface area contributed by atoms with Gasteiger partial charge in [0.15, 0.2) is 0 Å². The molecule has 1 atom stereocenters. The van der Waals surface area contributed by atoms with Crippen LogP contribution in [0.1, 0.15) is 23.3 Å². The van der Waals surface area contributed by atoms with Gasteiger partial charge in [-0.2, -0.15) is 0 Å². The first-order chi connectivity index (χ1) is 11.2. The third kappa shape index (κ3) is 2.82. The number of thiophene rings is 1. The quantitative estimate of drug-likeness (QED) is 0.837. The number of carbonyl (C=O) groups is 2. The minimum atomic E-state index is -0.107. The third-order valence-corrected chi connectivity index (χ3v) is 5.84. The van der Waals surface area contributed by atoms with Crippen LogP contribution in [-0.2, 0) is 4.79 Å². The standard InChI is InChI=1S/C16H18N4O2S/c21-9-18-15-5-11-7-17-12(6-14(11)23-15)16(22)19-13-8-20-3-1-10(13)2-4-20/h5-7,9-10,13H,1-4,8H2,(H,18,21)(H,19,22)/t13-/m0/s1. The largest absolute Gasteiger partial charge is 0.346 e. The lowest BCUT2D eigenvalue weighted by molar-refractivity contribution is -0.105. The van der Waals surface area contributed by atoms with E-state index in [-0.39, 0.29) is 11.9 Å². The van der Waals surface area contributed by atoms with Gasteiger partial charge < -0.3 is 15.5 Å². The van der Waals surface area contributed by atoms with Crippen molar-refractivity contribution in [2.75, 3.05) is 25.0 Å². The number of aromatic nitrogens is 1. The fraction of sp³-hybridized carbons (Fsp3) is 0.438. The van der Waals surface area contributed by atoms with Gasteiger partial charge in [0.1, 0.15) is 5.69 Å². The first kappa shape index (κ1) is 14.6. The van der Waals surface area contributed by atoms with Crippen molar-refractivity contribution in [3.63, 3.8) is 0 Å². The summed E-state index contributed by atoms with van der Waals surface area (Å²) in [5.74, 6) is 0.488. The average Bonchev–Trinajstić information content (AvgIpc) is 2.97. The van der Waals surface area contributed by atoms with Gasteiger partial charge in [-0.05, 0) is 44.0 Å². The molecule has 5 rings (SSSR count). The van der Waals surface area contributed by atoms with E-state index in [9.17, 15) is 9.59 Å². The lowest BCUT2D eigenvalue weighted by Crippen LogP contribution is -2.57. The van der Waals surface area contributed by atoms with Crippen LogP contribution >= 0.6 is 11.3 Å². The molecule has 3 fully saturated rings. The molecule has 0 aliphatic carbocycles. The van der Waals surface area contributed by atoms with Crippen LogP contribution in [-0.4, -0.2) is 47.9 Å². The van der Waals surface area contributed by atoms with E-state index in [0.717, 1.165) is 34.7 Å². The Bertz CT molecular complexity index is 752. The third-order valence-electron chi connectivity index (χ3n) is 4.81. The summed E-state index contributed by atoms with van der Waals surface area (Å²) in [5.41, 5.74) is 0.438. The van der Waals surface area contributed by atoms with E-state index < -0.39 is 0 Å². The minimum absolute atomic E-state index is 0.107. The first-order valence-electron chi connectivity index (χ1n) is 7.86. The van der Waals surface area contributed by atoms with E-state index in [1.165, 1.54) is 24.2 Å². The summed E-state index contributed by atoms with van der Waals surface area (Å²) in [5, 5.41) is 7.47.